The molecule has 0 radical (unpaired) electrons. The fourth-order valence-electron chi connectivity index (χ4n) is 1.93. The minimum atomic E-state index is -0.268. The van der Waals surface area contributed by atoms with E-state index in [2.05, 4.69) is 19.2 Å². The van der Waals surface area contributed by atoms with Crippen LogP contribution < -0.4 is 5.32 Å². The summed E-state index contributed by atoms with van der Waals surface area (Å²) in [6.45, 7) is 5.17. The average Bonchev–Trinajstić information content (AvgIpc) is 2.48. The molecule has 1 atom stereocenters. The van der Waals surface area contributed by atoms with Gasteiger partial charge in [-0.2, -0.15) is 0 Å². The zero-order chi connectivity index (χ0) is 13.7. The molecule has 19 heavy (non-hydrogen) atoms. The predicted octanol–water partition coefficient (Wildman–Crippen LogP) is 3.03. The van der Waals surface area contributed by atoms with E-state index in [4.69, 9.17) is 9.47 Å². The number of benzene rings is 1. The fraction of sp³-hybridized carbons (Fsp3) is 0.400. The van der Waals surface area contributed by atoms with Crippen molar-refractivity contribution >= 4 is 11.6 Å². The summed E-state index contributed by atoms with van der Waals surface area (Å²) in [5.41, 5.74) is 1.97. The highest BCUT2D eigenvalue weighted by molar-refractivity contribution is 6.02. The summed E-state index contributed by atoms with van der Waals surface area (Å²) in [7, 11) is 0. The first kappa shape index (κ1) is 13.5. The number of rotatable bonds is 4. The lowest BCUT2D eigenvalue weighted by molar-refractivity contribution is -0.117. The number of anilines is 1. The summed E-state index contributed by atoms with van der Waals surface area (Å²) in [5.74, 6) is 0.356. The van der Waals surface area contributed by atoms with E-state index in [1.807, 2.05) is 24.3 Å². The molecule has 0 aliphatic carbocycles. The molecule has 1 heterocycles. The maximum Gasteiger partial charge on any atom is 0.294 e. The number of ether oxygens (including phenoxy) is 2. The summed E-state index contributed by atoms with van der Waals surface area (Å²) in [5, 5.41) is 2.88. The average molecular weight is 261 g/mol. The third-order valence-electron chi connectivity index (χ3n) is 3.23. The quantitative estimate of drug-likeness (QED) is 0.906. The summed E-state index contributed by atoms with van der Waals surface area (Å²) < 4.78 is 10.4. The number of hydrogen-bond donors (Lipinski definition) is 1. The molecular weight excluding hydrogens is 242 g/mol. The van der Waals surface area contributed by atoms with E-state index < -0.39 is 0 Å². The summed E-state index contributed by atoms with van der Waals surface area (Å²) in [4.78, 5) is 12.0. The molecule has 1 amide bonds. The van der Waals surface area contributed by atoms with E-state index >= 15 is 0 Å². The third-order valence-corrected chi connectivity index (χ3v) is 3.23. The van der Waals surface area contributed by atoms with E-state index in [9.17, 15) is 4.79 Å². The van der Waals surface area contributed by atoms with Crippen LogP contribution in [0.1, 0.15) is 31.7 Å². The van der Waals surface area contributed by atoms with Gasteiger partial charge in [-0.15, -0.1) is 0 Å². The summed E-state index contributed by atoms with van der Waals surface area (Å²) in [6.07, 6.45) is 2.39. The van der Waals surface area contributed by atoms with Crippen LogP contribution in [0.2, 0.25) is 0 Å². The zero-order valence-corrected chi connectivity index (χ0v) is 11.3. The predicted molar refractivity (Wildman–Crippen MR) is 73.8 cm³/mol. The first-order chi connectivity index (χ1) is 9.22. The Balaban J connectivity index is 2.14. The highest BCUT2D eigenvalue weighted by Gasteiger charge is 2.17. The molecule has 1 aromatic carbocycles. The molecule has 0 saturated heterocycles. The molecule has 4 heteroatoms. The zero-order valence-electron chi connectivity index (χ0n) is 11.3. The van der Waals surface area contributed by atoms with Crippen LogP contribution in [0.25, 0.3) is 0 Å². The van der Waals surface area contributed by atoms with Crippen molar-refractivity contribution in [1.29, 1.82) is 0 Å². The molecule has 1 aliphatic rings. The van der Waals surface area contributed by atoms with Crippen molar-refractivity contribution in [3.63, 3.8) is 0 Å². The minimum Gasteiger partial charge on any atom is -0.494 e. The second kappa shape index (κ2) is 6.27. The monoisotopic (exact) mass is 261 g/mol. The molecule has 102 valence electrons. The van der Waals surface area contributed by atoms with Crippen molar-refractivity contribution in [3.8, 4) is 0 Å². The van der Waals surface area contributed by atoms with Crippen molar-refractivity contribution in [3.05, 3.63) is 41.9 Å². The molecule has 0 aromatic heterocycles. The third kappa shape index (κ3) is 3.28. The maximum atomic E-state index is 12.0. The Morgan fingerprint density at radius 3 is 2.84 bits per heavy atom. The van der Waals surface area contributed by atoms with Gasteiger partial charge in [0.15, 0.2) is 0 Å². The second-order valence-corrected chi connectivity index (χ2v) is 4.55. The van der Waals surface area contributed by atoms with Crippen LogP contribution in [0, 0.1) is 0 Å². The van der Waals surface area contributed by atoms with E-state index in [0.717, 1.165) is 17.7 Å². The molecule has 1 N–H and O–H groups in total. The number of hydrogen-bond acceptors (Lipinski definition) is 3. The lowest BCUT2D eigenvalue weighted by atomic mass is 9.97. The highest BCUT2D eigenvalue weighted by Crippen LogP contribution is 2.26. The molecule has 0 bridgehead atoms. The van der Waals surface area contributed by atoms with E-state index in [1.165, 1.54) is 6.26 Å². The second-order valence-electron chi connectivity index (χ2n) is 4.55. The topological polar surface area (TPSA) is 47.6 Å². The van der Waals surface area contributed by atoms with Crippen LogP contribution in [0.5, 0.6) is 0 Å². The smallest absolute Gasteiger partial charge is 0.294 e. The maximum absolute atomic E-state index is 12.0. The van der Waals surface area contributed by atoms with Gasteiger partial charge in [0.2, 0.25) is 5.76 Å². The van der Waals surface area contributed by atoms with Gasteiger partial charge in [0.1, 0.15) is 19.5 Å². The normalized spacial score (nSPS) is 15.8. The number of carbonyl (C=O) groups excluding carboxylic acids is 1. The van der Waals surface area contributed by atoms with Crippen molar-refractivity contribution in [1.82, 2.24) is 0 Å². The molecule has 1 aromatic rings. The van der Waals surface area contributed by atoms with Crippen LogP contribution in [-0.2, 0) is 14.3 Å². The molecule has 4 nitrogen and oxygen atoms in total. The Morgan fingerprint density at radius 1 is 1.37 bits per heavy atom. The van der Waals surface area contributed by atoms with Crippen molar-refractivity contribution < 1.29 is 14.3 Å². The minimum absolute atomic E-state index is 0.227. The van der Waals surface area contributed by atoms with Gasteiger partial charge in [0, 0.05) is 5.69 Å². The number of para-hydroxylation sites is 1. The molecule has 1 aliphatic heterocycles. The molecule has 2 rings (SSSR count). The van der Waals surface area contributed by atoms with Crippen molar-refractivity contribution in [2.75, 3.05) is 18.5 Å². The highest BCUT2D eigenvalue weighted by atomic mass is 16.6. The standard InChI is InChI=1S/C15H19NO3/c1-3-11(2)12-6-4-5-7-13(12)16-15(17)14-10-18-8-9-19-14/h4-7,10-11H,3,8-9H2,1-2H3,(H,16,17)/t11-/m1/s1. The fourth-order valence-corrected chi connectivity index (χ4v) is 1.93. The van der Waals surface area contributed by atoms with Gasteiger partial charge >= 0.3 is 0 Å². The van der Waals surface area contributed by atoms with Gasteiger partial charge in [-0.05, 0) is 24.0 Å². The van der Waals surface area contributed by atoms with E-state index in [-0.39, 0.29) is 11.7 Å². The van der Waals surface area contributed by atoms with Gasteiger partial charge in [0.25, 0.3) is 5.91 Å². The lowest BCUT2D eigenvalue weighted by Gasteiger charge is -2.18. The first-order valence-electron chi connectivity index (χ1n) is 6.57. The van der Waals surface area contributed by atoms with Crippen molar-refractivity contribution in [2.24, 2.45) is 0 Å². The number of carbonyl (C=O) groups is 1. The van der Waals surface area contributed by atoms with Gasteiger partial charge in [-0.1, -0.05) is 32.0 Å². The summed E-state index contributed by atoms with van der Waals surface area (Å²) >= 11 is 0. The molecule has 0 unspecified atom stereocenters. The van der Waals surface area contributed by atoms with Crippen LogP contribution in [-0.4, -0.2) is 19.1 Å². The van der Waals surface area contributed by atoms with Gasteiger partial charge < -0.3 is 14.8 Å². The Morgan fingerprint density at radius 2 is 2.16 bits per heavy atom. The van der Waals surface area contributed by atoms with Gasteiger partial charge in [-0.25, -0.2) is 0 Å². The molecule has 0 saturated carbocycles. The lowest BCUT2D eigenvalue weighted by Crippen LogP contribution is -2.21. The van der Waals surface area contributed by atoms with E-state index in [0.29, 0.717) is 19.1 Å². The van der Waals surface area contributed by atoms with E-state index in [1.54, 1.807) is 0 Å². The Kier molecular flexibility index (Phi) is 4.44. The van der Waals surface area contributed by atoms with Crippen LogP contribution in [0.15, 0.2) is 36.3 Å². The first-order valence-corrected chi connectivity index (χ1v) is 6.57. The SMILES string of the molecule is CC[C@@H](C)c1ccccc1NC(=O)C1=COCCO1. The Labute approximate surface area is 113 Å². The molecule has 0 fully saturated rings. The van der Waals surface area contributed by atoms with Crippen LogP contribution in [0.4, 0.5) is 5.69 Å². The summed E-state index contributed by atoms with van der Waals surface area (Å²) in [6, 6.07) is 7.84. The van der Waals surface area contributed by atoms with Crippen LogP contribution >= 0.6 is 0 Å². The Hall–Kier alpha value is -1.97. The largest absolute Gasteiger partial charge is 0.494 e. The van der Waals surface area contributed by atoms with Crippen LogP contribution in [0.3, 0.4) is 0 Å². The van der Waals surface area contributed by atoms with Crippen molar-refractivity contribution in [2.45, 2.75) is 26.2 Å². The Bertz CT molecular complexity index is 482. The molecule has 0 spiro atoms. The van der Waals surface area contributed by atoms with Gasteiger partial charge in [0.05, 0.1) is 0 Å². The number of nitrogens with one attached hydrogen (secondary N) is 1. The molecular formula is C15H19NO3. The number of amides is 1. The van der Waals surface area contributed by atoms with Gasteiger partial charge in [-0.3, -0.25) is 4.79 Å².